The summed E-state index contributed by atoms with van der Waals surface area (Å²) in [6.07, 6.45) is 4.39. The van der Waals surface area contributed by atoms with Crippen LogP contribution < -0.4 is 10.1 Å². The number of aliphatic hydroxyl groups excluding tert-OH is 1. The molecule has 0 aliphatic heterocycles. The van der Waals surface area contributed by atoms with Gasteiger partial charge in [-0.15, -0.1) is 0 Å². The smallest absolute Gasteiger partial charge is 0.138 e. The maximum atomic E-state index is 10.2. The van der Waals surface area contributed by atoms with E-state index >= 15 is 0 Å². The second kappa shape index (κ2) is 8.70. The standard InChI is InChI=1S/C21H26ClNO2/c22-19-10-4-5-11-20(19)25-15-18(24)14-23-16-21(12-6-7-13-21)17-8-2-1-3-9-17/h1-5,8-11,18,23-24H,6-7,12-16H2. The lowest BCUT2D eigenvalue weighted by molar-refractivity contribution is 0.105. The maximum absolute atomic E-state index is 10.2. The van der Waals surface area contributed by atoms with Gasteiger partial charge in [0.1, 0.15) is 18.5 Å². The first-order valence-electron chi connectivity index (χ1n) is 9.01. The van der Waals surface area contributed by atoms with Crippen molar-refractivity contribution in [3.63, 3.8) is 0 Å². The quantitative estimate of drug-likeness (QED) is 0.742. The molecule has 3 rings (SSSR count). The van der Waals surface area contributed by atoms with E-state index in [1.165, 1.54) is 31.2 Å². The molecule has 1 unspecified atom stereocenters. The average Bonchev–Trinajstić information content (AvgIpc) is 3.12. The van der Waals surface area contributed by atoms with E-state index < -0.39 is 6.10 Å². The molecular weight excluding hydrogens is 334 g/mol. The van der Waals surface area contributed by atoms with Crippen molar-refractivity contribution in [1.29, 1.82) is 0 Å². The zero-order chi connectivity index (χ0) is 17.5. The molecule has 1 fully saturated rings. The van der Waals surface area contributed by atoms with Crippen LogP contribution in [0.15, 0.2) is 54.6 Å². The lowest BCUT2D eigenvalue weighted by Gasteiger charge is -2.30. The Labute approximate surface area is 155 Å². The van der Waals surface area contributed by atoms with Gasteiger partial charge in [-0.2, -0.15) is 0 Å². The summed E-state index contributed by atoms with van der Waals surface area (Å²) < 4.78 is 5.61. The molecule has 0 amide bonds. The molecule has 3 nitrogen and oxygen atoms in total. The third-order valence-electron chi connectivity index (χ3n) is 5.06. The minimum atomic E-state index is -0.564. The van der Waals surface area contributed by atoms with Gasteiger partial charge < -0.3 is 15.2 Å². The minimum Gasteiger partial charge on any atom is -0.489 e. The Morgan fingerprint density at radius 1 is 1.04 bits per heavy atom. The summed E-state index contributed by atoms with van der Waals surface area (Å²) in [5.74, 6) is 0.611. The predicted octanol–water partition coefficient (Wildman–Crippen LogP) is 4.18. The normalized spacial score (nSPS) is 17.4. The van der Waals surface area contributed by atoms with E-state index in [-0.39, 0.29) is 12.0 Å². The topological polar surface area (TPSA) is 41.5 Å². The molecule has 2 aromatic carbocycles. The van der Waals surface area contributed by atoms with Gasteiger partial charge in [0.25, 0.3) is 0 Å². The Hall–Kier alpha value is -1.55. The first-order valence-corrected chi connectivity index (χ1v) is 9.39. The third kappa shape index (κ3) is 4.75. The molecular formula is C21H26ClNO2. The largest absolute Gasteiger partial charge is 0.489 e. The molecule has 1 atom stereocenters. The van der Waals surface area contributed by atoms with Gasteiger partial charge in [-0.1, -0.05) is 66.9 Å². The number of ether oxygens (including phenoxy) is 1. The number of benzene rings is 2. The van der Waals surface area contributed by atoms with E-state index in [0.717, 1.165) is 6.54 Å². The molecule has 2 aromatic rings. The van der Waals surface area contributed by atoms with Gasteiger partial charge in [-0.25, -0.2) is 0 Å². The van der Waals surface area contributed by atoms with Crippen LogP contribution in [0.25, 0.3) is 0 Å². The molecule has 0 bridgehead atoms. The van der Waals surface area contributed by atoms with Crippen LogP contribution in [0.4, 0.5) is 0 Å². The van der Waals surface area contributed by atoms with Crippen molar-refractivity contribution < 1.29 is 9.84 Å². The van der Waals surface area contributed by atoms with Gasteiger partial charge in [0.15, 0.2) is 0 Å². The lowest BCUT2D eigenvalue weighted by atomic mass is 9.79. The van der Waals surface area contributed by atoms with Gasteiger partial charge in [-0.05, 0) is 30.5 Å². The minimum absolute atomic E-state index is 0.199. The van der Waals surface area contributed by atoms with E-state index in [1.54, 1.807) is 6.07 Å². The zero-order valence-electron chi connectivity index (χ0n) is 14.5. The van der Waals surface area contributed by atoms with Crippen LogP contribution in [0.3, 0.4) is 0 Å². The van der Waals surface area contributed by atoms with Gasteiger partial charge in [0, 0.05) is 18.5 Å². The van der Waals surface area contributed by atoms with Crippen molar-refractivity contribution in [2.75, 3.05) is 19.7 Å². The molecule has 1 aliphatic rings. The van der Waals surface area contributed by atoms with E-state index in [1.807, 2.05) is 18.2 Å². The van der Waals surface area contributed by atoms with Gasteiger partial charge in [0.2, 0.25) is 0 Å². The number of halogens is 1. The molecule has 0 saturated heterocycles. The van der Waals surface area contributed by atoms with E-state index in [4.69, 9.17) is 16.3 Å². The van der Waals surface area contributed by atoms with Crippen LogP contribution in [-0.2, 0) is 5.41 Å². The number of hydrogen-bond acceptors (Lipinski definition) is 3. The molecule has 1 saturated carbocycles. The van der Waals surface area contributed by atoms with Crippen molar-refractivity contribution in [2.24, 2.45) is 0 Å². The summed E-state index contributed by atoms with van der Waals surface area (Å²) in [6.45, 7) is 1.63. The van der Waals surface area contributed by atoms with Crippen LogP contribution in [0, 0.1) is 0 Å². The number of rotatable bonds is 8. The Morgan fingerprint density at radius 3 is 2.44 bits per heavy atom. The van der Waals surface area contributed by atoms with Crippen molar-refractivity contribution in [1.82, 2.24) is 5.32 Å². The summed E-state index contributed by atoms with van der Waals surface area (Å²) in [7, 11) is 0. The number of nitrogens with one attached hydrogen (secondary N) is 1. The number of para-hydroxylation sites is 1. The van der Waals surface area contributed by atoms with Crippen LogP contribution in [0.5, 0.6) is 5.75 Å². The third-order valence-corrected chi connectivity index (χ3v) is 5.37. The van der Waals surface area contributed by atoms with Crippen molar-refractivity contribution >= 4 is 11.6 Å². The van der Waals surface area contributed by atoms with E-state index in [0.29, 0.717) is 17.3 Å². The molecule has 2 N–H and O–H groups in total. The summed E-state index contributed by atoms with van der Waals surface area (Å²) in [6, 6.07) is 18.1. The molecule has 0 spiro atoms. The summed E-state index contributed by atoms with van der Waals surface area (Å²) in [5.41, 5.74) is 1.60. The number of aliphatic hydroxyl groups is 1. The highest BCUT2D eigenvalue weighted by molar-refractivity contribution is 6.32. The first-order chi connectivity index (χ1) is 12.2. The van der Waals surface area contributed by atoms with E-state index in [2.05, 4.69) is 35.6 Å². The zero-order valence-corrected chi connectivity index (χ0v) is 15.2. The monoisotopic (exact) mass is 359 g/mol. The first kappa shape index (κ1) is 18.2. The molecule has 134 valence electrons. The molecule has 0 radical (unpaired) electrons. The van der Waals surface area contributed by atoms with Gasteiger partial charge in [-0.3, -0.25) is 0 Å². The maximum Gasteiger partial charge on any atom is 0.138 e. The summed E-state index contributed by atoms with van der Waals surface area (Å²) >= 11 is 6.06. The van der Waals surface area contributed by atoms with Crippen molar-refractivity contribution in [3.05, 3.63) is 65.2 Å². The predicted molar refractivity (Wildman–Crippen MR) is 102 cm³/mol. The fraction of sp³-hybridized carbons (Fsp3) is 0.429. The highest BCUT2D eigenvalue weighted by atomic mass is 35.5. The van der Waals surface area contributed by atoms with Gasteiger partial charge >= 0.3 is 0 Å². The Kier molecular flexibility index (Phi) is 6.35. The van der Waals surface area contributed by atoms with E-state index in [9.17, 15) is 5.11 Å². The van der Waals surface area contributed by atoms with Crippen molar-refractivity contribution in [2.45, 2.75) is 37.2 Å². The molecule has 25 heavy (non-hydrogen) atoms. The van der Waals surface area contributed by atoms with Gasteiger partial charge in [0.05, 0.1) is 5.02 Å². The molecule has 0 heterocycles. The highest BCUT2D eigenvalue weighted by Crippen LogP contribution is 2.40. The Bertz CT molecular complexity index is 656. The van der Waals surface area contributed by atoms with Crippen LogP contribution in [-0.4, -0.2) is 30.9 Å². The van der Waals surface area contributed by atoms with Crippen LogP contribution >= 0.6 is 11.6 Å². The molecule has 0 aromatic heterocycles. The van der Waals surface area contributed by atoms with Crippen LogP contribution in [0.2, 0.25) is 5.02 Å². The highest BCUT2D eigenvalue weighted by Gasteiger charge is 2.35. The fourth-order valence-electron chi connectivity index (χ4n) is 3.70. The number of hydrogen-bond donors (Lipinski definition) is 2. The van der Waals surface area contributed by atoms with Crippen LogP contribution in [0.1, 0.15) is 31.2 Å². The second-order valence-corrected chi connectivity index (χ2v) is 7.29. The Balaban J connectivity index is 1.48. The Morgan fingerprint density at radius 2 is 1.72 bits per heavy atom. The van der Waals surface area contributed by atoms with Crippen molar-refractivity contribution in [3.8, 4) is 5.75 Å². The summed E-state index contributed by atoms with van der Waals surface area (Å²) in [4.78, 5) is 0. The second-order valence-electron chi connectivity index (χ2n) is 6.88. The molecule has 1 aliphatic carbocycles. The lowest BCUT2D eigenvalue weighted by Crippen LogP contribution is -2.40. The molecule has 4 heteroatoms. The summed E-state index contributed by atoms with van der Waals surface area (Å²) in [5, 5.41) is 14.2. The average molecular weight is 360 g/mol. The SMILES string of the molecule is OC(CNCC1(c2ccccc2)CCCC1)COc1ccccc1Cl. The fourth-order valence-corrected chi connectivity index (χ4v) is 3.89.